The van der Waals surface area contributed by atoms with E-state index in [1.807, 2.05) is 13.8 Å². The molecule has 0 bridgehead atoms. The number of hydrogen-bond acceptors (Lipinski definition) is 8. The minimum absolute atomic E-state index is 0.317. The van der Waals surface area contributed by atoms with Crippen molar-refractivity contribution in [3.63, 3.8) is 0 Å². The Labute approximate surface area is 507 Å². The number of allylic oxidation sites excluding steroid dienone is 1. The molecule has 0 N–H and O–H groups in total. The van der Waals surface area contributed by atoms with Crippen LogP contribution in [0.3, 0.4) is 0 Å². The maximum absolute atomic E-state index is 12.4. The van der Waals surface area contributed by atoms with E-state index in [1.54, 1.807) is 23.0 Å². The molecule has 0 unspecified atom stereocenters. The molecule has 0 radical (unpaired) electrons. The summed E-state index contributed by atoms with van der Waals surface area (Å²) in [5.74, 6) is -1.17. The number of fused-ring (bicyclic) bond motifs is 12. The summed E-state index contributed by atoms with van der Waals surface area (Å²) in [6.07, 6.45) is 35.8. The number of ether oxygens (including phenoxy) is 1. The topological polar surface area (TPSA) is 104 Å². The molecule has 0 aliphatic heterocycles. The maximum Gasteiger partial charge on any atom is 0.331 e. The molecule has 3 aliphatic carbocycles. The molecule has 456 valence electrons. The van der Waals surface area contributed by atoms with Crippen LogP contribution in [-0.2, 0) is 45.0 Å². The summed E-state index contributed by atoms with van der Waals surface area (Å²) in [4.78, 5) is 48.0. The first-order valence-corrected chi connectivity index (χ1v) is 33.6. The molecule has 8 nitrogen and oxygen atoms in total. The van der Waals surface area contributed by atoms with Gasteiger partial charge in [-0.05, 0) is 167 Å². The first kappa shape index (κ1) is 65.9. The predicted octanol–water partition coefficient (Wildman–Crippen LogP) is 21.8. The van der Waals surface area contributed by atoms with Gasteiger partial charge >= 0.3 is 17.9 Å². The molecule has 4 aromatic carbocycles. The Morgan fingerprint density at radius 1 is 0.369 bits per heavy atom. The summed E-state index contributed by atoms with van der Waals surface area (Å²) in [6, 6.07) is 21.8. The standard InChI is InChI=1S/C76H106N2O6/c1-13-19-25-31-43-74(44-32-26-20-14-2)65-49-59(53(7)52-82-56(10)79)37-40-62(65)68-71(74)69-63-41-38-60(54(8)77-83-57(11)80)50-66(63)76(47-35-29-23-17-5,48-36-30-24-18-6)73(69)70-64-42-39-61(55(9)78-84-58(12)81)51-67(64)75(72(68)70,45-33-27-21-15-3)46-34-28-22-16-4/h37-42,49-52H,13-36,43-48H2,1-12H3/b53-52+,77-54+,78-55+. The summed E-state index contributed by atoms with van der Waals surface area (Å²) in [5, 5.41) is 8.95. The van der Waals surface area contributed by atoms with Gasteiger partial charge in [-0.1, -0.05) is 242 Å². The zero-order chi connectivity index (χ0) is 60.4. The summed E-state index contributed by atoms with van der Waals surface area (Å²) in [5.41, 5.74) is 21.8. The van der Waals surface area contributed by atoms with E-state index in [0.717, 1.165) is 99.3 Å². The molecule has 0 fully saturated rings. The quantitative estimate of drug-likeness (QED) is 0.0112. The smallest absolute Gasteiger partial charge is 0.331 e. The van der Waals surface area contributed by atoms with Gasteiger partial charge < -0.3 is 14.4 Å². The molecular weight excluding hydrogens is 1040 g/mol. The number of hydrogen-bond donors (Lipinski definition) is 0. The van der Waals surface area contributed by atoms with E-state index in [1.165, 1.54) is 186 Å². The van der Waals surface area contributed by atoms with E-state index in [4.69, 9.17) is 14.4 Å². The van der Waals surface area contributed by atoms with Gasteiger partial charge in [-0.3, -0.25) is 4.79 Å². The third kappa shape index (κ3) is 14.3. The van der Waals surface area contributed by atoms with Crippen molar-refractivity contribution in [2.24, 2.45) is 10.3 Å². The highest BCUT2D eigenvalue weighted by Gasteiger charge is 2.58. The van der Waals surface area contributed by atoms with E-state index in [9.17, 15) is 14.4 Å². The molecule has 0 aromatic heterocycles. The third-order valence-corrected chi connectivity index (χ3v) is 19.4. The summed E-state index contributed by atoms with van der Waals surface area (Å²) in [6.45, 7) is 24.4. The van der Waals surface area contributed by atoms with Crippen molar-refractivity contribution in [1.29, 1.82) is 0 Å². The van der Waals surface area contributed by atoms with Crippen LogP contribution in [0.25, 0.3) is 39.0 Å². The summed E-state index contributed by atoms with van der Waals surface area (Å²) >= 11 is 0. The molecule has 0 saturated carbocycles. The Hall–Kier alpha value is -5.63. The molecule has 7 rings (SSSR count). The molecule has 8 heteroatoms. The Bertz CT molecular complexity index is 2630. The fourth-order valence-corrected chi connectivity index (χ4v) is 15.2. The van der Waals surface area contributed by atoms with Crippen LogP contribution in [0.2, 0.25) is 0 Å². The number of carbonyl (C=O) groups is 3. The van der Waals surface area contributed by atoms with E-state index < -0.39 is 11.9 Å². The normalized spacial score (nSPS) is 15.1. The van der Waals surface area contributed by atoms with E-state index in [0.29, 0.717) is 11.4 Å². The molecule has 0 heterocycles. The van der Waals surface area contributed by atoms with E-state index in [2.05, 4.69) is 113 Å². The van der Waals surface area contributed by atoms with Crippen LogP contribution in [-0.4, -0.2) is 29.3 Å². The molecule has 0 atom stereocenters. The zero-order valence-corrected chi connectivity index (χ0v) is 54.3. The van der Waals surface area contributed by atoms with Crippen LogP contribution in [0.1, 0.15) is 326 Å². The lowest BCUT2D eigenvalue weighted by Gasteiger charge is -2.40. The third-order valence-electron chi connectivity index (χ3n) is 19.4. The number of esters is 1. The highest BCUT2D eigenvalue weighted by molar-refractivity contribution is 6.08. The van der Waals surface area contributed by atoms with Gasteiger partial charge in [0.2, 0.25) is 0 Å². The van der Waals surface area contributed by atoms with Crippen LogP contribution >= 0.6 is 0 Å². The van der Waals surface area contributed by atoms with Crippen molar-refractivity contribution < 1.29 is 28.8 Å². The summed E-state index contributed by atoms with van der Waals surface area (Å²) in [7, 11) is 0. The fourth-order valence-electron chi connectivity index (χ4n) is 15.2. The number of oxime groups is 2. The van der Waals surface area contributed by atoms with Crippen molar-refractivity contribution in [3.05, 3.63) is 111 Å². The van der Waals surface area contributed by atoms with Crippen LogP contribution in [0.4, 0.5) is 0 Å². The second-order valence-electron chi connectivity index (χ2n) is 25.6. The maximum atomic E-state index is 12.4. The first-order chi connectivity index (χ1) is 40.6. The highest BCUT2D eigenvalue weighted by Crippen LogP contribution is 2.71. The number of carbonyl (C=O) groups excluding carboxylic acids is 3. The number of benzene rings is 4. The second kappa shape index (κ2) is 31.1. The number of nitrogens with zero attached hydrogens (tertiary/aromatic N) is 2. The van der Waals surface area contributed by atoms with Gasteiger partial charge in [-0.2, -0.15) is 0 Å². The van der Waals surface area contributed by atoms with Crippen molar-refractivity contribution in [2.45, 2.75) is 292 Å². The van der Waals surface area contributed by atoms with Gasteiger partial charge in [0.25, 0.3) is 0 Å². The molecule has 84 heavy (non-hydrogen) atoms. The van der Waals surface area contributed by atoms with Gasteiger partial charge in [-0.25, -0.2) is 9.59 Å². The van der Waals surface area contributed by atoms with Crippen LogP contribution in [0, 0.1) is 0 Å². The SMILES string of the molecule is CCCCCCC1(CCCCCC)c2cc(/C(C)=C/OC(C)=O)ccc2-c2c1c1c(c3c2C(CCCCCC)(CCCCCC)c2cc(/C(C)=N/OC(C)=O)ccc2-3)C(CCCCCC)(CCCCCC)c2cc(/C(C)=N/OC(C)=O)ccc2-1. The molecule has 0 spiro atoms. The first-order valence-electron chi connectivity index (χ1n) is 33.6. The van der Waals surface area contributed by atoms with Gasteiger partial charge in [-0.15, -0.1) is 0 Å². The Kier molecular flexibility index (Phi) is 24.4. The van der Waals surface area contributed by atoms with Gasteiger partial charge in [0, 0.05) is 37.0 Å². The monoisotopic (exact) mass is 1140 g/mol. The minimum Gasteiger partial charge on any atom is -0.434 e. The van der Waals surface area contributed by atoms with Crippen molar-refractivity contribution >= 4 is 34.9 Å². The van der Waals surface area contributed by atoms with E-state index >= 15 is 0 Å². The van der Waals surface area contributed by atoms with Crippen molar-refractivity contribution in [3.8, 4) is 33.4 Å². The van der Waals surface area contributed by atoms with Crippen molar-refractivity contribution in [2.75, 3.05) is 0 Å². The molecule has 0 amide bonds. The minimum atomic E-state index is -0.424. The average Bonchev–Trinajstić information content (AvgIpc) is 1.50. The van der Waals surface area contributed by atoms with Gasteiger partial charge in [0.05, 0.1) is 17.7 Å². The van der Waals surface area contributed by atoms with Crippen LogP contribution in [0.15, 0.2) is 71.2 Å². The summed E-state index contributed by atoms with van der Waals surface area (Å²) < 4.78 is 5.67. The average molecular weight is 1140 g/mol. The van der Waals surface area contributed by atoms with Gasteiger partial charge in [0.15, 0.2) is 0 Å². The molecule has 3 aliphatic rings. The molecular formula is C76H106N2O6. The number of rotatable bonds is 36. The largest absolute Gasteiger partial charge is 0.434 e. The lowest BCUT2D eigenvalue weighted by Crippen LogP contribution is -2.31. The Morgan fingerprint density at radius 2 is 0.643 bits per heavy atom. The van der Waals surface area contributed by atoms with Crippen LogP contribution in [0.5, 0.6) is 0 Å². The lowest BCUT2D eigenvalue weighted by atomic mass is 9.63. The van der Waals surface area contributed by atoms with Crippen LogP contribution < -0.4 is 0 Å². The van der Waals surface area contributed by atoms with E-state index in [-0.39, 0.29) is 22.2 Å². The van der Waals surface area contributed by atoms with Crippen molar-refractivity contribution in [1.82, 2.24) is 0 Å². The Balaban J connectivity index is 1.79. The lowest BCUT2D eigenvalue weighted by molar-refractivity contribution is -0.141. The number of unbranched alkanes of at least 4 members (excludes halogenated alkanes) is 18. The predicted molar refractivity (Wildman–Crippen MR) is 351 cm³/mol. The zero-order valence-electron chi connectivity index (χ0n) is 54.3. The fraction of sp³-hybridized carbons (Fsp3) is 0.592. The molecule has 4 aromatic rings. The highest BCUT2D eigenvalue weighted by atomic mass is 16.7. The molecule has 0 saturated heterocycles. The second-order valence-corrected chi connectivity index (χ2v) is 25.6. The van der Waals surface area contributed by atoms with Gasteiger partial charge in [0.1, 0.15) is 0 Å². The Morgan fingerprint density at radius 3 is 0.905 bits per heavy atom.